The van der Waals surface area contributed by atoms with E-state index in [9.17, 15) is 20.4 Å². The van der Waals surface area contributed by atoms with Crippen LogP contribution in [0.4, 0.5) is 0 Å². The van der Waals surface area contributed by atoms with E-state index < -0.39 is 0 Å². The molecular weight excluding hydrogens is 552 g/mol. The number of benzene rings is 5. The molecule has 0 amide bonds. The van der Waals surface area contributed by atoms with Crippen LogP contribution >= 0.6 is 0 Å². The van der Waals surface area contributed by atoms with Gasteiger partial charge in [0.25, 0.3) is 0 Å². The molecule has 5 aromatic carbocycles. The third kappa shape index (κ3) is 6.80. The Balaban J connectivity index is 1.70. The molecule has 0 aliphatic heterocycles. The van der Waals surface area contributed by atoms with Crippen molar-refractivity contribution in [2.75, 3.05) is 13.2 Å². The van der Waals surface area contributed by atoms with Gasteiger partial charge in [-0.25, -0.2) is 0 Å². The molecule has 0 bridgehead atoms. The second-order valence-electron chi connectivity index (χ2n) is 11.4. The van der Waals surface area contributed by atoms with Gasteiger partial charge in [-0.15, -0.1) is 0 Å². The van der Waals surface area contributed by atoms with E-state index in [1.54, 1.807) is 24.3 Å². The van der Waals surface area contributed by atoms with Crippen molar-refractivity contribution in [2.24, 2.45) is 0 Å². The van der Waals surface area contributed by atoms with E-state index in [0.29, 0.717) is 13.2 Å². The molecule has 44 heavy (non-hydrogen) atoms. The maximum Gasteiger partial charge on any atom is 0.169 e. The lowest BCUT2D eigenvalue weighted by atomic mass is 9.93. The van der Waals surface area contributed by atoms with Crippen molar-refractivity contribution < 1.29 is 29.9 Å². The van der Waals surface area contributed by atoms with E-state index in [0.717, 1.165) is 93.8 Å². The van der Waals surface area contributed by atoms with Crippen molar-refractivity contribution in [2.45, 2.75) is 65.2 Å². The van der Waals surface area contributed by atoms with E-state index in [2.05, 4.69) is 26.0 Å². The average Bonchev–Trinajstić information content (AvgIpc) is 3.03. The molecule has 5 aromatic rings. The maximum atomic E-state index is 10.2. The SMILES string of the molecule is CCCCCCOc1c(OCCCCCC)c2ccc(-c3ccc(O)c(O)c3)cc2c2cc(-c3ccc(O)c(O)c3)ccc12. The van der Waals surface area contributed by atoms with Gasteiger partial charge in [0.1, 0.15) is 0 Å². The number of ether oxygens (including phenoxy) is 2. The van der Waals surface area contributed by atoms with Crippen molar-refractivity contribution in [1.29, 1.82) is 0 Å². The van der Waals surface area contributed by atoms with Gasteiger partial charge in [0.05, 0.1) is 13.2 Å². The number of aromatic hydroxyl groups is 4. The molecule has 0 atom stereocenters. The number of hydrogen-bond donors (Lipinski definition) is 4. The largest absolute Gasteiger partial charge is 0.504 e. The molecule has 0 aliphatic carbocycles. The van der Waals surface area contributed by atoms with Crippen LogP contribution in [0.15, 0.2) is 72.8 Å². The molecule has 230 valence electrons. The fraction of sp³-hybridized carbons (Fsp3) is 0.316. The van der Waals surface area contributed by atoms with Crippen molar-refractivity contribution in [1.82, 2.24) is 0 Å². The highest BCUT2D eigenvalue weighted by atomic mass is 16.5. The van der Waals surface area contributed by atoms with Gasteiger partial charge in [0, 0.05) is 10.8 Å². The van der Waals surface area contributed by atoms with Crippen LogP contribution in [0.1, 0.15) is 65.2 Å². The molecule has 0 spiro atoms. The molecule has 0 unspecified atom stereocenters. The minimum absolute atomic E-state index is 0.165. The highest BCUT2D eigenvalue weighted by molar-refractivity contribution is 6.15. The molecule has 0 saturated carbocycles. The Morgan fingerprint density at radius 1 is 0.409 bits per heavy atom. The van der Waals surface area contributed by atoms with E-state index >= 15 is 0 Å². The van der Waals surface area contributed by atoms with Crippen LogP contribution in [0.25, 0.3) is 43.8 Å². The van der Waals surface area contributed by atoms with Gasteiger partial charge < -0.3 is 29.9 Å². The lowest BCUT2D eigenvalue weighted by Gasteiger charge is -2.20. The number of hydrogen-bond acceptors (Lipinski definition) is 6. The summed E-state index contributed by atoms with van der Waals surface area (Å²) in [5.41, 5.74) is 3.30. The summed E-state index contributed by atoms with van der Waals surface area (Å²) in [6.45, 7) is 5.57. The fourth-order valence-corrected chi connectivity index (χ4v) is 5.63. The highest BCUT2D eigenvalue weighted by Crippen LogP contribution is 2.46. The minimum atomic E-state index is -0.176. The Morgan fingerprint density at radius 3 is 1.18 bits per heavy atom. The summed E-state index contributed by atoms with van der Waals surface area (Å²) in [7, 11) is 0. The smallest absolute Gasteiger partial charge is 0.169 e. The first-order valence-electron chi connectivity index (χ1n) is 15.7. The third-order valence-electron chi connectivity index (χ3n) is 8.13. The zero-order valence-corrected chi connectivity index (χ0v) is 25.6. The molecule has 0 heterocycles. The lowest BCUT2D eigenvalue weighted by Crippen LogP contribution is -2.04. The normalized spacial score (nSPS) is 11.3. The molecule has 0 radical (unpaired) electrons. The van der Waals surface area contributed by atoms with Gasteiger partial charge in [-0.05, 0) is 94.4 Å². The molecule has 0 aromatic heterocycles. The van der Waals surface area contributed by atoms with Crippen molar-refractivity contribution in [3.63, 3.8) is 0 Å². The molecule has 4 N–H and O–H groups in total. The van der Waals surface area contributed by atoms with Gasteiger partial charge in [-0.1, -0.05) is 76.6 Å². The first kappa shape index (κ1) is 30.9. The van der Waals surface area contributed by atoms with E-state index in [4.69, 9.17) is 9.47 Å². The van der Waals surface area contributed by atoms with Crippen LogP contribution in [0.5, 0.6) is 34.5 Å². The molecule has 5 rings (SSSR count). The van der Waals surface area contributed by atoms with Gasteiger partial charge in [-0.2, -0.15) is 0 Å². The Labute approximate surface area is 259 Å². The van der Waals surface area contributed by atoms with Crippen LogP contribution < -0.4 is 9.47 Å². The fourth-order valence-electron chi connectivity index (χ4n) is 5.63. The molecule has 0 saturated heterocycles. The number of phenols is 4. The van der Waals surface area contributed by atoms with Gasteiger partial charge in [0.2, 0.25) is 0 Å². The third-order valence-corrected chi connectivity index (χ3v) is 8.13. The summed E-state index contributed by atoms with van der Waals surface area (Å²) in [6.07, 6.45) is 8.76. The van der Waals surface area contributed by atoms with Crippen LogP contribution in [0.2, 0.25) is 0 Å². The maximum absolute atomic E-state index is 10.2. The standard InChI is InChI=1S/C38H42O6/c1-3-5-7-9-19-43-37-29-15-11-25(27-13-17-33(39)35(41)23-27)21-31(29)32-22-26(28-14-18-34(40)36(42)24-28)12-16-30(32)38(37)44-20-10-8-6-4-2/h11-18,21-24,39-42H,3-10,19-20H2,1-2H3. The van der Waals surface area contributed by atoms with Crippen LogP contribution in [0, 0.1) is 0 Å². The van der Waals surface area contributed by atoms with Crippen LogP contribution in [0.3, 0.4) is 0 Å². The Hall–Kier alpha value is -4.58. The minimum Gasteiger partial charge on any atom is -0.504 e. The molecular formula is C38H42O6. The predicted molar refractivity (Wildman–Crippen MR) is 178 cm³/mol. The quantitative estimate of drug-likeness (QED) is 0.0580. The van der Waals surface area contributed by atoms with Crippen LogP contribution in [-0.4, -0.2) is 33.6 Å². The van der Waals surface area contributed by atoms with Crippen molar-refractivity contribution >= 4 is 21.5 Å². The number of fused-ring (bicyclic) bond motifs is 3. The topological polar surface area (TPSA) is 99.4 Å². The molecule has 6 heteroatoms. The Kier molecular flexibility index (Phi) is 10.0. The van der Waals surface area contributed by atoms with E-state index in [1.165, 1.54) is 25.0 Å². The number of unbranched alkanes of at least 4 members (excludes halogenated alkanes) is 6. The summed E-state index contributed by atoms with van der Waals surface area (Å²) >= 11 is 0. The molecule has 0 fully saturated rings. The zero-order valence-electron chi connectivity index (χ0n) is 25.6. The summed E-state index contributed by atoms with van der Waals surface area (Å²) in [5, 5.41) is 43.9. The monoisotopic (exact) mass is 594 g/mol. The van der Waals surface area contributed by atoms with Gasteiger partial charge >= 0.3 is 0 Å². The van der Waals surface area contributed by atoms with E-state index in [-0.39, 0.29) is 23.0 Å². The van der Waals surface area contributed by atoms with Crippen molar-refractivity contribution in [3.8, 4) is 56.8 Å². The first-order valence-corrected chi connectivity index (χ1v) is 15.7. The Bertz CT molecular complexity index is 1610. The lowest BCUT2D eigenvalue weighted by molar-refractivity contribution is 0.264. The average molecular weight is 595 g/mol. The summed E-state index contributed by atoms with van der Waals surface area (Å²) in [5.74, 6) is 0.779. The number of phenolic OH excluding ortho intramolecular Hbond substituents is 4. The van der Waals surface area contributed by atoms with Crippen molar-refractivity contribution in [3.05, 3.63) is 72.8 Å². The first-order chi connectivity index (χ1) is 21.4. The molecule has 6 nitrogen and oxygen atoms in total. The second-order valence-corrected chi connectivity index (χ2v) is 11.4. The predicted octanol–water partition coefficient (Wildman–Crippen LogP) is 10.1. The highest BCUT2D eigenvalue weighted by Gasteiger charge is 2.19. The van der Waals surface area contributed by atoms with E-state index in [1.807, 2.05) is 24.3 Å². The summed E-state index contributed by atoms with van der Waals surface area (Å²) < 4.78 is 13.1. The Morgan fingerprint density at radius 2 is 0.795 bits per heavy atom. The summed E-state index contributed by atoms with van der Waals surface area (Å²) in [4.78, 5) is 0. The second kappa shape index (κ2) is 14.3. The van der Waals surface area contributed by atoms with Gasteiger partial charge in [0.15, 0.2) is 34.5 Å². The zero-order chi connectivity index (χ0) is 31.1. The molecule has 0 aliphatic rings. The summed E-state index contributed by atoms with van der Waals surface area (Å²) in [6, 6.07) is 21.9. The number of rotatable bonds is 14. The van der Waals surface area contributed by atoms with Crippen LogP contribution in [-0.2, 0) is 0 Å². The van der Waals surface area contributed by atoms with Gasteiger partial charge in [-0.3, -0.25) is 0 Å².